The minimum Gasteiger partial charge on any atom is -0.317 e. The molecule has 0 aliphatic rings. The van der Waals surface area contributed by atoms with E-state index in [0.29, 0.717) is 0 Å². The normalized spacial score (nSPS) is 7.00. The van der Waals surface area contributed by atoms with Crippen molar-refractivity contribution in [3.63, 3.8) is 0 Å². The van der Waals surface area contributed by atoms with Crippen LogP contribution in [0.2, 0.25) is 0 Å². The summed E-state index contributed by atoms with van der Waals surface area (Å²) in [5.74, 6) is 0. The zero-order chi connectivity index (χ0) is 6.83. The van der Waals surface area contributed by atoms with E-state index in [1.54, 1.807) is 0 Å². The van der Waals surface area contributed by atoms with Crippen molar-refractivity contribution < 1.29 is 0 Å². The van der Waals surface area contributed by atoms with Gasteiger partial charge in [-0.05, 0) is 13.1 Å². The second-order valence-corrected chi connectivity index (χ2v) is 1.87. The Bertz CT molecular complexity index is 28.0. The summed E-state index contributed by atoms with van der Waals surface area (Å²) in [6, 6.07) is 0. The molecular formula is C4H12BCl2N. The highest BCUT2D eigenvalue weighted by Crippen LogP contribution is 1.67. The van der Waals surface area contributed by atoms with E-state index < -0.39 is 0 Å². The molecule has 0 saturated carbocycles. The Hall–Kier alpha value is 0.605. The van der Waals surface area contributed by atoms with Crippen molar-refractivity contribution in [1.82, 2.24) is 5.32 Å². The molecule has 0 fully saturated rings. The second-order valence-electron chi connectivity index (χ2n) is 1.06. The summed E-state index contributed by atoms with van der Waals surface area (Å²) in [7, 11) is 0. The Morgan fingerprint density at radius 1 is 1.25 bits per heavy atom. The van der Waals surface area contributed by atoms with Crippen LogP contribution < -0.4 is 5.32 Å². The van der Waals surface area contributed by atoms with Crippen LogP contribution in [0, 0.1) is 0 Å². The van der Waals surface area contributed by atoms with Gasteiger partial charge in [-0.25, -0.2) is 0 Å². The van der Waals surface area contributed by atoms with Gasteiger partial charge in [-0.2, -0.15) is 22.9 Å². The summed E-state index contributed by atoms with van der Waals surface area (Å²) < 4.78 is 0. The Balaban J connectivity index is 0. The first-order valence-corrected chi connectivity index (χ1v) is 3.72. The molecule has 1 N–H and O–H groups in total. The smallest absolute Gasteiger partial charge is 0.317 e. The molecule has 1 nitrogen and oxygen atoms in total. The predicted molar refractivity (Wildman–Crippen MR) is 43.1 cm³/mol. The maximum atomic E-state index is 4.76. The van der Waals surface area contributed by atoms with Gasteiger partial charge >= 0.3 is 6.11 Å². The van der Waals surface area contributed by atoms with Crippen molar-refractivity contribution in [1.29, 1.82) is 0 Å². The number of halogens is 2. The molecule has 0 amide bonds. The van der Waals surface area contributed by atoms with Crippen molar-refractivity contribution >= 4 is 29.0 Å². The van der Waals surface area contributed by atoms with E-state index in [1.165, 1.54) is 0 Å². The standard InChI is InChI=1S/C4H11N.BCl2H/c1-3-5-4-2;2-1-3/h5H,3-4H2,1-2H3;1H. The molecule has 0 heterocycles. The Kier molecular flexibility index (Phi) is 22.3. The van der Waals surface area contributed by atoms with Crippen LogP contribution in [0.15, 0.2) is 0 Å². The van der Waals surface area contributed by atoms with E-state index in [1.807, 2.05) is 0 Å². The summed E-state index contributed by atoms with van der Waals surface area (Å²) in [6.45, 7) is 6.39. The van der Waals surface area contributed by atoms with Gasteiger partial charge in [0.25, 0.3) is 0 Å². The maximum absolute atomic E-state index is 4.76. The van der Waals surface area contributed by atoms with Crippen LogP contribution in [0.4, 0.5) is 0 Å². The summed E-state index contributed by atoms with van der Waals surface area (Å²) in [6.07, 6.45) is 0.194. The van der Waals surface area contributed by atoms with Crippen LogP contribution in [0.25, 0.3) is 0 Å². The molecule has 0 saturated heterocycles. The summed E-state index contributed by atoms with van der Waals surface area (Å²) in [5.41, 5.74) is 0. The molecule has 0 unspecified atom stereocenters. The molecule has 0 bridgehead atoms. The van der Waals surface area contributed by atoms with Crippen molar-refractivity contribution in [2.75, 3.05) is 13.1 Å². The van der Waals surface area contributed by atoms with Crippen LogP contribution in [0.3, 0.4) is 0 Å². The van der Waals surface area contributed by atoms with Crippen LogP contribution in [0.1, 0.15) is 13.8 Å². The van der Waals surface area contributed by atoms with E-state index in [4.69, 9.17) is 22.9 Å². The Labute approximate surface area is 61.8 Å². The first-order valence-electron chi connectivity index (χ1n) is 2.66. The van der Waals surface area contributed by atoms with Gasteiger partial charge in [-0.3, -0.25) is 0 Å². The van der Waals surface area contributed by atoms with Gasteiger partial charge in [-0.1, -0.05) is 13.8 Å². The average Bonchev–Trinajstić information content (AvgIpc) is 1.71. The minimum atomic E-state index is 0.194. The van der Waals surface area contributed by atoms with Gasteiger partial charge in [-0.15, -0.1) is 0 Å². The second kappa shape index (κ2) is 15.6. The predicted octanol–water partition coefficient (Wildman–Crippen LogP) is 1.35. The van der Waals surface area contributed by atoms with E-state index in [0.717, 1.165) is 13.1 Å². The lowest BCUT2D eigenvalue weighted by Gasteiger charge is -1.86. The Morgan fingerprint density at radius 2 is 1.50 bits per heavy atom. The SMILES string of the molecule is CCNCC.ClBCl. The molecule has 50 valence electrons. The third-order valence-electron chi connectivity index (χ3n) is 0.500. The van der Waals surface area contributed by atoms with Crippen molar-refractivity contribution in [3.05, 3.63) is 0 Å². The van der Waals surface area contributed by atoms with Crippen molar-refractivity contribution in [2.24, 2.45) is 0 Å². The van der Waals surface area contributed by atoms with Gasteiger partial charge in [0.2, 0.25) is 0 Å². The average molecular weight is 156 g/mol. The first kappa shape index (κ1) is 11.4. The third kappa shape index (κ3) is 30.6. The van der Waals surface area contributed by atoms with Crippen LogP contribution in [-0.2, 0) is 0 Å². The van der Waals surface area contributed by atoms with Gasteiger partial charge in [0.05, 0.1) is 0 Å². The van der Waals surface area contributed by atoms with E-state index in [2.05, 4.69) is 19.2 Å². The monoisotopic (exact) mass is 155 g/mol. The first-order chi connectivity index (χ1) is 3.83. The number of hydrogen-bond donors (Lipinski definition) is 1. The molecule has 0 aliphatic heterocycles. The van der Waals surface area contributed by atoms with Crippen LogP contribution in [0.5, 0.6) is 0 Å². The highest BCUT2D eigenvalue weighted by atomic mass is 35.5. The van der Waals surface area contributed by atoms with Crippen molar-refractivity contribution in [2.45, 2.75) is 13.8 Å². The summed E-state index contributed by atoms with van der Waals surface area (Å²) in [5, 5.41) is 3.11. The number of rotatable bonds is 2. The van der Waals surface area contributed by atoms with Gasteiger partial charge in [0, 0.05) is 0 Å². The summed E-state index contributed by atoms with van der Waals surface area (Å²) >= 11 is 9.53. The van der Waals surface area contributed by atoms with Gasteiger partial charge < -0.3 is 5.32 Å². The fourth-order valence-corrected chi connectivity index (χ4v) is 0.250. The quantitative estimate of drug-likeness (QED) is 0.594. The molecule has 0 rings (SSSR count). The van der Waals surface area contributed by atoms with Crippen molar-refractivity contribution in [3.8, 4) is 0 Å². The third-order valence-corrected chi connectivity index (χ3v) is 0.500. The maximum Gasteiger partial charge on any atom is 0.335 e. The molecule has 0 atom stereocenters. The molecule has 0 aromatic heterocycles. The molecule has 0 aromatic rings. The highest BCUT2D eigenvalue weighted by molar-refractivity contribution is 7.22. The molecule has 0 radical (unpaired) electrons. The zero-order valence-electron chi connectivity index (χ0n) is 5.38. The zero-order valence-corrected chi connectivity index (χ0v) is 6.89. The van der Waals surface area contributed by atoms with Gasteiger partial charge in [0.15, 0.2) is 0 Å². The highest BCUT2D eigenvalue weighted by Gasteiger charge is 1.62. The van der Waals surface area contributed by atoms with E-state index in [9.17, 15) is 0 Å². The summed E-state index contributed by atoms with van der Waals surface area (Å²) in [4.78, 5) is 0. The Morgan fingerprint density at radius 3 is 1.50 bits per heavy atom. The lowest BCUT2D eigenvalue weighted by atomic mass is 10.7. The number of hydrogen-bond acceptors (Lipinski definition) is 1. The van der Waals surface area contributed by atoms with Gasteiger partial charge in [0.1, 0.15) is 0 Å². The van der Waals surface area contributed by atoms with E-state index >= 15 is 0 Å². The van der Waals surface area contributed by atoms with Crippen LogP contribution >= 0.6 is 22.9 Å². The molecule has 4 heteroatoms. The number of nitrogens with one attached hydrogen (secondary N) is 1. The molecule has 0 spiro atoms. The minimum absolute atomic E-state index is 0.194. The molecule has 8 heavy (non-hydrogen) atoms. The molecule has 0 aliphatic carbocycles. The van der Waals surface area contributed by atoms with Crippen LogP contribution in [-0.4, -0.2) is 19.2 Å². The topological polar surface area (TPSA) is 12.0 Å². The lowest BCUT2D eigenvalue weighted by Crippen LogP contribution is -2.09. The molecule has 0 aromatic carbocycles. The largest absolute Gasteiger partial charge is 0.335 e. The fraction of sp³-hybridized carbons (Fsp3) is 1.00. The lowest BCUT2D eigenvalue weighted by molar-refractivity contribution is 0.762. The van der Waals surface area contributed by atoms with E-state index in [-0.39, 0.29) is 6.11 Å². The fourth-order valence-electron chi connectivity index (χ4n) is 0.250. The molecular weight excluding hydrogens is 144 g/mol.